The van der Waals surface area contributed by atoms with Crippen LogP contribution in [0, 0.1) is 11.8 Å². The summed E-state index contributed by atoms with van der Waals surface area (Å²) in [5.41, 5.74) is 1.01. The minimum absolute atomic E-state index is 0.0407. The van der Waals surface area contributed by atoms with E-state index in [2.05, 4.69) is 10.6 Å². The molecule has 1 amide bonds. The van der Waals surface area contributed by atoms with Crippen LogP contribution < -0.4 is 10.6 Å². The fourth-order valence-electron chi connectivity index (χ4n) is 2.25. The van der Waals surface area contributed by atoms with Crippen LogP contribution in [0.5, 0.6) is 0 Å². The molecule has 20 heavy (non-hydrogen) atoms. The summed E-state index contributed by atoms with van der Waals surface area (Å²) in [5.74, 6) is 0.581. The molecule has 1 heterocycles. The van der Waals surface area contributed by atoms with Crippen LogP contribution in [0.3, 0.4) is 0 Å². The summed E-state index contributed by atoms with van der Waals surface area (Å²) in [4.78, 5) is 12.1. The highest BCUT2D eigenvalue weighted by molar-refractivity contribution is 6.30. The number of halogens is 1. The van der Waals surface area contributed by atoms with Gasteiger partial charge in [0.15, 0.2) is 0 Å². The zero-order valence-electron chi connectivity index (χ0n) is 11.9. The van der Waals surface area contributed by atoms with Crippen molar-refractivity contribution in [3.63, 3.8) is 0 Å². The molecule has 0 radical (unpaired) electrons. The third-order valence-electron chi connectivity index (χ3n) is 3.92. The largest absolute Gasteiger partial charge is 0.375 e. The molecule has 110 valence electrons. The number of carbonyl (C=O) groups excluding carboxylic acids is 1. The first-order chi connectivity index (χ1) is 9.61. The molecular weight excluding hydrogens is 276 g/mol. The standard InChI is InChI=1S/C15H21ClN2O2/c1-10(12-7-17-8-12)15(19)18-9-14(20-2)11-3-5-13(16)6-4-11/h3-6,10,12,14,17H,7-9H2,1-2H3,(H,18,19). The highest BCUT2D eigenvalue weighted by atomic mass is 35.5. The maximum absolute atomic E-state index is 12.1. The topological polar surface area (TPSA) is 50.4 Å². The van der Waals surface area contributed by atoms with Crippen LogP contribution in [0.2, 0.25) is 5.02 Å². The third kappa shape index (κ3) is 3.72. The van der Waals surface area contributed by atoms with Crippen molar-refractivity contribution in [3.05, 3.63) is 34.9 Å². The smallest absolute Gasteiger partial charge is 0.223 e. The number of hydrogen-bond donors (Lipinski definition) is 2. The lowest BCUT2D eigenvalue weighted by atomic mass is 9.88. The molecule has 1 aliphatic heterocycles. The summed E-state index contributed by atoms with van der Waals surface area (Å²) in [7, 11) is 1.64. The third-order valence-corrected chi connectivity index (χ3v) is 4.17. The van der Waals surface area contributed by atoms with Crippen LogP contribution in [-0.4, -0.2) is 32.7 Å². The number of amides is 1. The number of hydrogen-bond acceptors (Lipinski definition) is 3. The number of methoxy groups -OCH3 is 1. The zero-order valence-corrected chi connectivity index (χ0v) is 12.6. The van der Waals surface area contributed by atoms with Crippen molar-refractivity contribution in [2.45, 2.75) is 13.0 Å². The van der Waals surface area contributed by atoms with Crippen molar-refractivity contribution >= 4 is 17.5 Å². The number of rotatable bonds is 6. The normalized spacial score (nSPS) is 18.1. The monoisotopic (exact) mass is 296 g/mol. The predicted molar refractivity (Wildman–Crippen MR) is 79.7 cm³/mol. The van der Waals surface area contributed by atoms with Gasteiger partial charge in [-0.15, -0.1) is 0 Å². The zero-order chi connectivity index (χ0) is 14.5. The Morgan fingerprint density at radius 3 is 2.60 bits per heavy atom. The molecule has 2 unspecified atom stereocenters. The van der Waals surface area contributed by atoms with Crippen LogP contribution in [0.15, 0.2) is 24.3 Å². The van der Waals surface area contributed by atoms with E-state index in [4.69, 9.17) is 16.3 Å². The van der Waals surface area contributed by atoms with E-state index >= 15 is 0 Å². The predicted octanol–water partition coefficient (Wildman–Crippen LogP) is 2.00. The first kappa shape index (κ1) is 15.3. The second-order valence-electron chi connectivity index (χ2n) is 5.23. The fraction of sp³-hybridized carbons (Fsp3) is 0.533. The molecule has 1 aliphatic rings. The van der Waals surface area contributed by atoms with Gasteiger partial charge in [-0.25, -0.2) is 0 Å². The summed E-state index contributed by atoms with van der Waals surface area (Å²) >= 11 is 5.87. The van der Waals surface area contributed by atoms with Crippen molar-refractivity contribution in [2.75, 3.05) is 26.7 Å². The summed E-state index contributed by atoms with van der Waals surface area (Å²) in [6.45, 7) is 4.31. The van der Waals surface area contributed by atoms with Crippen molar-refractivity contribution in [3.8, 4) is 0 Å². The van der Waals surface area contributed by atoms with E-state index < -0.39 is 0 Å². The van der Waals surface area contributed by atoms with Gasteiger partial charge in [0.1, 0.15) is 0 Å². The van der Waals surface area contributed by atoms with E-state index in [-0.39, 0.29) is 17.9 Å². The molecule has 2 rings (SSSR count). The summed E-state index contributed by atoms with van der Waals surface area (Å²) < 4.78 is 5.44. The Bertz CT molecular complexity index is 446. The Balaban J connectivity index is 1.86. The molecule has 0 spiro atoms. The van der Waals surface area contributed by atoms with Crippen LogP contribution in [0.1, 0.15) is 18.6 Å². The van der Waals surface area contributed by atoms with Gasteiger partial charge in [0.2, 0.25) is 5.91 Å². The summed E-state index contributed by atoms with van der Waals surface area (Å²) in [6, 6.07) is 7.49. The van der Waals surface area contributed by atoms with Gasteiger partial charge in [-0.1, -0.05) is 30.7 Å². The van der Waals surface area contributed by atoms with Gasteiger partial charge in [-0.2, -0.15) is 0 Å². The molecule has 1 aromatic carbocycles. The van der Waals surface area contributed by atoms with Crippen LogP contribution >= 0.6 is 11.6 Å². The van der Waals surface area contributed by atoms with Gasteiger partial charge in [0.05, 0.1) is 6.10 Å². The van der Waals surface area contributed by atoms with Gasteiger partial charge in [-0.3, -0.25) is 4.79 Å². The lowest BCUT2D eigenvalue weighted by Gasteiger charge is -2.32. The highest BCUT2D eigenvalue weighted by Gasteiger charge is 2.28. The van der Waals surface area contributed by atoms with E-state index in [1.165, 1.54) is 0 Å². The van der Waals surface area contributed by atoms with Gasteiger partial charge >= 0.3 is 0 Å². The highest BCUT2D eigenvalue weighted by Crippen LogP contribution is 2.20. The Labute approximate surface area is 124 Å². The van der Waals surface area contributed by atoms with E-state index in [1.54, 1.807) is 7.11 Å². The van der Waals surface area contributed by atoms with Crippen molar-refractivity contribution in [2.24, 2.45) is 11.8 Å². The average Bonchev–Trinajstić information content (AvgIpc) is 2.39. The van der Waals surface area contributed by atoms with E-state index in [0.717, 1.165) is 18.7 Å². The van der Waals surface area contributed by atoms with Crippen molar-refractivity contribution < 1.29 is 9.53 Å². The van der Waals surface area contributed by atoms with E-state index in [0.29, 0.717) is 17.5 Å². The lowest BCUT2D eigenvalue weighted by molar-refractivity contribution is -0.127. The lowest BCUT2D eigenvalue weighted by Crippen LogP contribution is -2.50. The second kappa shape index (κ2) is 7.07. The Morgan fingerprint density at radius 2 is 2.10 bits per heavy atom. The first-order valence-corrected chi connectivity index (χ1v) is 7.26. The molecule has 0 saturated carbocycles. The molecule has 0 aromatic heterocycles. The molecule has 0 aliphatic carbocycles. The molecule has 0 bridgehead atoms. The summed E-state index contributed by atoms with van der Waals surface area (Å²) in [6.07, 6.45) is -0.150. The SMILES string of the molecule is COC(CNC(=O)C(C)C1CNC1)c1ccc(Cl)cc1. The second-order valence-corrected chi connectivity index (χ2v) is 5.66. The maximum atomic E-state index is 12.1. The summed E-state index contributed by atoms with van der Waals surface area (Å²) in [5, 5.41) is 6.85. The quantitative estimate of drug-likeness (QED) is 0.844. The average molecular weight is 297 g/mol. The minimum atomic E-state index is -0.150. The fourth-order valence-corrected chi connectivity index (χ4v) is 2.37. The van der Waals surface area contributed by atoms with E-state index in [9.17, 15) is 4.79 Å². The molecule has 1 fully saturated rings. The van der Waals surface area contributed by atoms with Gasteiger partial charge < -0.3 is 15.4 Å². The van der Waals surface area contributed by atoms with E-state index in [1.807, 2.05) is 31.2 Å². The van der Waals surface area contributed by atoms with Crippen LogP contribution in [-0.2, 0) is 9.53 Å². The number of ether oxygens (including phenoxy) is 1. The van der Waals surface area contributed by atoms with Crippen LogP contribution in [0.25, 0.3) is 0 Å². The van der Waals surface area contributed by atoms with Gasteiger partial charge in [0.25, 0.3) is 0 Å². The van der Waals surface area contributed by atoms with Crippen molar-refractivity contribution in [1.82, 2.24) is 10.6 Å². The maximum Gasteiger partial charge on any atom is 0.223 e. The number of nitrogens with one attached hydrogen (secondary N) is 2. The van der Waals surface area contributed by atoms with Crippen LogP contribution in [0.4, 0.5) is 0 Å². The number of carbonyl (C=O) groups is 1. The molecule has 4 nitrogen and oxygen atoms in total. The first-order valence-electron chi connectivity index (χ1n) is 6.88. The minimum Gasteiger partial charge on any atom is -0.375 e. The molecule has 1 aromatic rings. The van der Waals surface area contributed by atoms with Crippen molar-refractivity contribution in [1.29, 1.82) is 0 Å². The molecular formula is C15H21ClN2O2. The van der Waals surface area contributed by atoms with Gasteiger partial charge in [0, 0.05) is 24.6 Å². The number of benzene rings is 1. The molecule has 2 atom stereocenters. The molecule has 2 N–H and O–H groups in total. The molecule has 1 saturated heterocycles. The Morgan fingerprint density at radius 1 is 1.45 bits per heavy atom. The van der Waals surface area contributed by atoms with Gasteiger partial charge in [-0.05, 0) is 36.7 Å². The molecule has 5 heteroatoms. The Kier molecular flexibility index (Phi) is 5.40. The Hall–Kier alpha value is -1.10.